The minimum Gasteiger partial charge on any atom is -0.465 e. The molecule has 2 amide bonds. The number of esters is 1. The number of hydrogen-bond donors (Lipinski definition) is 1. The van der Waals surface area contributed by atoms with E-state index in [0.29, 0.717) is 28.7 Å². The number of aliphatic imine (C=N–C) groups is 1. The summed E-state index contributed by atoms with van der Waals surface area (Å²) in [5.74, 6) is -0.890. The van der Waals surface area contributed by atoms with E-state index in [1.165, 1.54) is 23.8 Å². The van der Waals surface area contributed by atoms with Gasteiger partial charge >= 0.3 is 5.97 Å². The fourth-order valence-corrected chi connectivity index (χ4v) is 3.94. The molecule has 0 bridgehead atoms. The Balaban J connectivity index is 1.71. The van der Waals surface area contributed by atoms with Crippen molar-refractivity contribution in [1.29, 1.82) is 0 Å². The Bertz CT molecular complexity index is 929. The number of hydrogen-bond acceptors (Lipinski definition) is 6. The van der Waals surface area contributed by atoms with Gasteiger partial charge in [0, 0.05) is 18.7 Å². The van der Waals surface area contributed by atoms with Crippen LogP contribution in [0, 0.1) is 0 Å². The van der Waals surface area contributed by atoms with Gasteiger partial charge in [0.1, 0.15) is 5.25 Å². The number of nitrogens with one attached hydrogen (secondary N) is 1. The Morgan fingerprint density at radius 3 is 2.48 bits per heavy atom. The lowest BCUT2D eigenvalue weighted by Gasteiger charge is -2.15. The molecule has 0 radical (unpaired) electrons. The first-order chi connectivity index (χ1) is 14.0. The highest BCUT2D eigenvalue weighted by Crippen LogP contribution is 2.30. The summed E-state index contributed by atoms with van der Waals surface area (Å²) in [6.45, 7) is 2.41. The molecule has 2 aromatic carbocycles. The van der Waals surface area contributed by atoms with Crippen molar-refractivity contribution in [2.24, 2.45) is 4.99 Å². The first kappa shape index (κ1) is 20.6. The van der Waals surface area contributed by atoms with Crippen LogP contribution < -0.4 is 10.2 Å². The molecule has 1 atom stereocenters. The lowest BCUT2D eigenvalue weighted by Crippen LogP contribution is -2.31. The van der Waals surface area contributed by atoms with Crippen LogP contribution in [0.2, 0.25) is 0 Å². The molecule has 1 unspecified atom stereocenters. The van der Waals surface area contributed by atoms with Gasteiger partial charge in [-0.05, 0) is 43.3 Å². The van der Waals surface area contributed by atoms with Crippen molar-refractivity contribution in [1.82, 2.24) is 0 Å². The van der Waals surface area contributed by atoms with Crippen LogP contribution >= 0.6 is 11.8 Å². The standard InChI is InChI=1S/C21H21N3O4S/c1-3-22-21(23-15-11-9-14(10-12-15)20(27)28-2)29-17-13-18(25)24(19(17)26)16-7-5-4-6-8-16/h4-12,17H,3,13H2,1-2H3,(H,22,23). The number of ether oxygens (including phenoxy) is 1. The molecule has 1 N–H and O–H groups in total. The number of carbonyl (C=O) groups is 3. The minimum atomic E-state index is -0.546. The Hall–Kier alpha value is -3.13. The van der Waals surface area contributed by atoms with E-state index >= 15 is 0 Å². The van der Waals surface area contributed by atoms with Crippen LogP contribution in [0.15, 0.2) is 59.6 Å². The highest BCUT2D eigenvalue weighted by Gasteiger charge is 2.40. The molecular formula is C21H21N3O4S. The average molecular weight is 411 g/mol. The number of amidine groups is 1. The van der Waals surface area contributed by atoms with Gasteiger partial charge in [-0.3, -0.25) is 14.6 Å². The minimum absolute atomic E-state index is 0.115. The summed E-state index contributed by atoms with van der Waals surface area (Å²) in [6, 6.07) is 15.7. The van der Waals surface area contributed by atoms with Gasteiger partial charge < -0.3 is 10.1 Å². The Kier molecular flexibility index (Phi) is 6.66. The van der Waals surface area contributed by atoms with Crippen LogP contribution in [-0.4, -0.2) is 41.9 Å². The highest BCUT2D eigenvalue weighted by molar-refractivity contribution is 8.15. The van der Waals surface area contributed by atoms with Gasteiger partial charge in [-0.1, -0.05) is 30.0 Å². The molecule has 1 aliphatic rings. The fourth-order valence-electron chi connectivity index (χ4n) is 2.86. The third-order valence-electron chi connectivity index (χ3n) is 4.23. The van der Waals surface area contributed by atoms with E-state index in [2.05, 4.69) is 10.3 Å². The number of imide groups is 1. The Labute approximate surface area is 173 Å². The predicted molar refractivity (Wildman–Crippen MR) is 114 cm³/mol. The molecule has 1 heterocycles. The molecule has 3 rings (SSSR count). The molecule has 0 saturated carbocycles. The second-order valence-electron chi connectivity index (χ2n) is 6.19. The number of anilines is 2. The normalized spacial score (nSPS) is 16.8. The van der Waals surface area contributed by atoms with E-state index in [9.17, 15) is 14.4 Å². The summed E-state index contributed by atoms with van der Waals surface area (Å²) < 4.78 is 4.69. The van der Waals surface area contributed by atoms with Gasteiger partial charge in [-0.2, -0.15) is 0 Å². The largest absolute Gasteiger partial charge is 0.465 e. The number of carbonyl (C=O) groups excluding carboxylic acids is 3. The van der Waals surface area contributed by atoms with E-state index in [-0.39, 0.29) is 18.2 Å². The summed E-state index contributed by atoms with van der Waals surface area (Å²) in [5.41, 5.74) is 1.73. The molecular weight excluding hydrogens is 390 g/mol. The first-order valence-corrected chi connectivity index (χ1v) is 9.99. The van der Waals surface area contributed by atoms with Gasteiger partial charge in [-0.15, -0.1) is 0 Å². The number of methoxy groups -OCH3 is 1. The zero-order valence-corrected chi connectivity index (χ0v) is 16.9. The first-order valence-electron chi connectivity index (χ1n) is 9.11. The van der Waals surface area contributed by atoms with E-state index in [0.717, 1.165) is 0 Å². The van der Waals surface area contributed by atoms with Gasteiger partial charge in [0.25, 0.3) is 0 Å². The lowest BCUT2D eigenvalue weighted by molar-refractivity contribution is -0.121. The molecule has 1 aliphatic heterocycles. The number of thioether (sulfide) groups is 1. The van der Waals surface area contributed by atoms with E-state index in [1.807, 2.05) is 13.0 Å². The summed E-state index contributed by atoms with van der Waals surface area (Å²) in [7, 11) is 1.33. The van der Waals surface area contributed by atoms with Crippen molar-refractivity contribution < 1.29 is 19.1 Å². The van der Waals surface area contributed by atoms with Crippen LogP contribution in [0.25, 0.3) is 0 Å². The van der Waals surface area contributed by atoms with Crippen molar-refractivity contribution in [3.63, 3.8) is 0 Å². The van der Waals surface area contributed by atoms with Crippen LogP contribution in [-0.2, 0) is 14.3 Å². The molecule has 150 valence electrons. The highest BCUT2D eigenvalue weighted by atomic mass is 32.2. The molecule has 1 fully saturated rings. The van der Waals surface area contributed by atoms with E-state index in [1.54, 1.807) is 48.5 Å². The second kappa shape index (κ2) is 9.38. The van der Waals surface area contributed by atoms with Gasteiger partial charge in [-0.25, -0.2) is 9.69 Å². The van der Waals surface area contributed by atoms with Crippen LogP contribution in [0.1, 0.15) is 23.7 Å². The fraction of sp³-hybridized carbons (Fsp3) is 0.238. The van der Waals surface area contributed by atoms with Crippen molar-refractivity contribution >= 4 is 46.1 Å². The monoisotopic (exact) mass is 411 g/mol. The quantitative estimate of drug-likeness (QED) is 0.351. The van der Waals surface area contributed by atoms with Crippen molar-refractivity contribution in [2.45, 2.75) is 18.6 Å². The average Bonchev–Trinajstić information content (AvgIpc) is 3.01. The van der Waals surface area contributed by atoms with Gasteiger partial charge in [0.05, 0.1) is 18.4 Å². The van der Waals surface area contributed by atoms with Crippen LogP contribution in [0.4, 0.5) is 11.4 Å². The maximum Gasteiger partial charge on any atom is 0.337 e. The number of para-hydroxylation sites is 1. The summed E-state index contributed by atoms with van der Waals surface area (Å²) >= 11 is 1.23. The Morgan fingerprint density at radius 1 is 1.17 bits per heavy atom. The maximum absolute atomic E-state index is 12.8. The third kappa shape index (κ3) is 4.83. The Morgan fingerprint density at radius 2 is 1.86 bits per heavy atom. The number of nitrogens with zero attached hydrogens (tertiary/aromatic N) is 2. The topological polar surface area (TPSA) is 88.1 Å². The van der Waals surface area contributed by atoms with E-state index in [4.69, 9.17) is 4.74 Å². The molecule has 1 saturated heterocycles. The maximum atomic E-state index is 12.8. The summed E-state index contributed by atoms with van der Waals surface area (Å²) in [4.78, 5) is 42.4. The van der Waals surface area contributed by atoms with Gasteiger partial charge in [0.15, 0.2) is 5.17 Å². The lowest BCUT2D eigenvalue weighted by atomic mass is 10.2. The van der Waals surface area contributed by atoms with Crippen molar-refractivity contribution in [3.05, 3.63) is 60.2 Å². The smallest absolute Gasteiger partial charge is 0.337 e. The molecule has 7 nitrogen and oxygen atoms in total. The summed E-state index contributed by atoms with van der Waals surface area (Å²) in [6.07, 6.45) is 0.115. The summed E-state index contributed by atoms with van der Waals surface area (Å²) in [5, 5.41) is 3.15. The number of amides is 2. The number of benzene rings is 2. The molecule has 0 aromatic heterocycles. The second-order valence-corrected chi connectivity index (χ2v) is 7.38. The molecule has 2 aromatic rings. The van der Waals surface area contributed by atoms with E-state index < -0.39 is 11.2 Å². The number of rotatable bonds is 5. The zero-order valence-electron chi connectivity index (χ0n) is 16.1. The molecule has 0 spiro atoms. The molecule has 29 heavy (non-hydrogen) atoms. The SMILES string of the molecule is CCN=C(Nc1ccc(C(=O)OC)cc1)SC1CC(=O)N(c2ccccc2)C1=O. The zero-order chi connectivity index (χ0) is 20.8. The van der Waals surface area contributed by atoms with Gasteiger partial charge in [0.2, 0.25) is 11.8 Å². The molecule has 8 heteroatoms. The molecule has 0 aliphatic carbocycles. The van der Waals surface area contributed by atoms with Crippen LogP contribution in [0.5, 0.6) is 0 Å². The van der Waals surface area contributed by atoms with Crippen molar-refractivity contribution in [3.8, 4) is 0 Å². The predicted octanol–water partition coefficient (Wildman–Crippen LogP) is 3.33. The third-order valence-corrected chi connectivity index (χ3v) is 5.34. The van der Waals surface area contributed by atoms with Crippen LogP contribution in [0.3, 0.4) is 0 Å². The van der Waals surface area contributed by atoms with Crippen molar-refractivity contribution in [2.75, 3.05) is 23.9 Å².